The zero-order chi connectivity index (χ0) is 17.5. The van der Waals surface area contributed by atoms with Crippen LogP contribution < -0.4 is 5.32 Å². The summed E-state index contributed by atoms with van der Waals surface area (Å²) < 4.78 is 2.61. The summed E-state index contributed by atoms with van der Waals surface area (Å²) in [5, 5.41) is 4.71. The number of nitrogens with zero attached hydrogens (tertiary/aromatic N) is 1. The van der Waals surface area contributed by atoms with Gasteiger partial charge in [0.05, 0.1) is 5.52 Å². The molecule has 1 aliphatic heterocycles. The van der Waals surface area contributed by atoms with E-state index in [0.29, 0.717) is 0 Å². The number of carbonyl (C=O) groups excluding carboxylic acids is 1. The SMILES string of the molecule is O=C(Nc1cc2c3c(c1)c1c(n3CCC2)CCCCC1)C1CCCCC1. The molecule has 1 amide bonds. The zero-order valence-electron chi connectivity index (χ0n) is 15.8. The molecule has 138 valence electrons. The van der Waals surface area contributed by atoms with Gasteiger partial charge in [0.2, 0.25) is 5.91 Å². The predicted octanol–water partition coefficient (Wildman–Crippen LogP) is 5.38. The van der Waals surface area contributed by atoms with E-state index >= 15 is 0 Å². The van der Waals surface area contributed by atoms with E-state index in [2.05, 4.69) is 22.0 Å². The van der Waals surface area contributed by atoms with Crippen molar-refractivity contribution >= 4 is 22.5 Å². The van der Waals surface area contributed by atoms with E-state index in [0.717, 1.165) is 24.9 Å². The van der Waals surface area contributed by atoms with Crippen LogP contribution in [0.15, 0.2) is 12.1 Å². The van der Waals surface area contributed by atoms with Crippen LogP contribution in [-0.2, 0) is 30.6 Å². The summed E-state index contributed by atoms with van der Waals surface area (Å²) in [5.41, 5.74) is 7.12. The zero-order valence-corrected chi connectivity index (χ0v) is 15.8. The summed E-state index contributed by atoms with van der Waals surface area (Å²) in [6, 6.07) is 4.55. The van der Waals surface area contributed by atoms with Gasteiger partial charge in [-0.3, -0.25) is 4.79 Å². The lowest BCUT2D eigenvalue weighted by Crippen LogP contribution is -2.24. The van der Waals surface area contributed by atoms with Crippen molar-refractivity contribution in [2.75, 3.05) is 5.32 Å². The molecule has 3 aliphatic rings. The average Bonchev–Trinajstić information content (AvgIpc) is 2.84. The number of amides is 1. The highest BCUT2D eigenvalue weighted by molar-refractivity contribution is 5.98. The third-order valence-corrected chi connectivity index (χ3v) is 6.87. The molecule has 5 rings (SSSR count). The molecule has 0 bridgehead atoms. The lowest BCUT2D eigenvalue weighted by Gasteiger charge is -2.22. The van der Waals surface area contributed by atoms with Gasteiger partial charge in [-0.25, -0.2) is 0 Å². The number of aromatic nitrogens is 1. The molecular weight excluding hydrogens is 320 g/mol. The number of benzene rings is 1. The number of aryl methyl sites for hydroxylation is 3. The summed E-state index contributed by atoms with van der Waals surface area (Å²) in [4.78, 5) is 12.7. The van der Waals surface area contributed by atoms with E-state index in [4.69, 9.17) is 0 Å². The van der Waals surface area contributed by atoms with E-state index in [1.54, 1.807) is 11.3 Å². The van der Waals surface area contributed by atoms with E-state index in [-0.39, 0.29) is 11.8 Å². The number of anilines is 1. The van der Waals surface area contributed by atoms with Crippen molar-refractivity contribution in [3.63, 3.8) is 0 Å². The van der Waals surface area contributed by atoms with Gasteiger partial charge in [-0.05, 0) is 74.6 Å². The van der Waals surface area contributed by atoms with Gasteiger partial charge in [0, 0.05) is 29.2 Å². The van der Waals surface area contributed by atoms with Crippen molar-refractivity contribution < 1.29 is 4.79 Å². The maximum absolute atomic E-state index is 12.7. The van der Waals surface area contributed by atoms with Gasteiger partial charge in [-0.15, -0.1) is 0 Å². The quantitative estimate of drug-likeness (QED) is 0.725. The third kappa shape index (κ3) is 2.76. The highest BCUT2D eigenvalue weighted by atomic mass is 16.1. The molecule has 0 atom stereocenters. The molecule has 1 N–H and O–H groups in total. The van der Waals surface area contributed by atoms with Crippen LogP contribution >= 0.6 is 0 Å². The Morgan fingerprint density at radius 2 is 1.73 bits per heavy atom. The second-order valence-corrected chi connectivity index (χ2v) is 8.60. The fourth-order valence-electron chi connectivity index (χ4n) is 5.58. The largest absolute Gasteiger partial charge is 0.344 e. The maximum atomic E-state index is 12.7. The Hall–Kier alpha value is -1.77. The van der Waals surface area contributed by atoms with Crippen LogP contribution in [0.3, 0.4) is 0 Å². The Kier molecular flexibility index (Phi) is 4.26. The van der Waals surface area contributed by atoms with Crippen molar-refractivity contribution in [1.29, 1.82) is 0 Å². The van der Waals surface area contributed by atoms with Crippen LogP contribution in [0.25, 0.3) is 10.9 Å². The minimum atomic E-state index is 0.220. The van der Waals surface area contributed by atoms with Crippen molar-refractivity contribution in [1.82, 2.24) is 4.57 Å². The number of rotatable bonds is 2. The second-order valence-electron chi connectivity index (χ2n) is 8.60. The van der Waals surface area contributed by atoms with Crippen molar-refractivity contribution in [3.8, 4) is 0 Å². The van der Waals surface area contributed by atoms with E-state index < -0.39 is 0 Å². The Morgan fingerprint density at radius 1 is 0.923 bits per heavy atom. The fraction of sp³-hybridized carbons (Fsp3) is 0.609. The monoisotopic (exact) mass is 350 g/mol. The first-order valence-corrected chi connectivity index (χ1v) is 10.8. The summed E-state index contributed by atoms with van der Waals surface area (Å²) in [6.07, 6.45) is 14.6. The topological polar surface area (TPSA) is 34.0 Å². The van der Waals surface area contributed by atoms with Crippen LogP contribution in [0.4, 0.5) is 5.69 Å². The van der Waals surface area contributed by atoms with Crippen LogP contribution in [0.1, 0.15) is 74.6 Å². The molecule has 0 saturated heterocycles. The molecule has 2 aromatic rings. The molecule has 2 aliphatic carbocycles. The van der Waals surface area contributed by atoms with Crippen molar-refractivity contribution in [2.24, 2.45) is 5.92 Å². The molecule has 2 heterocycles. The smallest absolute Gasteiger partial charge is 0.227 e. The van der Waals surface area contributed by atoms with E-state index in [9.17, 15) is 4.79 Å². The summed E-state index contributed by atoms with van der Waals surface area (Å²) >= 11 is 0. The molecule has 3 heteroatoms. The molecule has 3 nitrogen and oxygen atoms in total. The molecule has 0 unspecified atom stereocenters. The summed E-state index contributed by atoms with van der Waals surface area (Å²) in [7, 11) is 0. The Labute approximate surface area is 156 Å². The average molecular weight is 351 g/mol. The molecule has 1 aromatic carbocycles. The van der Waals surface area contributed by atoms with Crippen molar-refractivity contribution in [2.45, 2.75) is 83.6 Å². The van der Waals surface area contributed by atoms with Gasteiger partial charge >= 0.3 is 0 Å². The van der Waals surface area contributed by atoms with Gasteiger partial charge in [-0.2, -0.15) is 0 Å². The summed E-state index contributed by atoms with van der Waals surface area (Å²) in [6.45, 7) is 1.17. The second kappa shape index (κ2) is 6.75. The minimum Gasteiger partial charge on any atom is -0.344 e. The van der Waals surface area contributed by atoms with Crippen LogP contribution in [-0.4, -0.2) is 10.5 Å². The molecule has 1 saturated carbocycles. The molecule has 0 spiro atoms. The number of carbonyl (C=O) groups is 1. The lowest BCUT2D eigenvalue weighted by atomic mass is 9.88. The number of nitrogens with one attached hydrogen (secondary N) is 1. The van der Waals surface area contributed by atoms with Gasteiger partial charge in [0.15, 0.2) is 0 Å². The number of hydrogen-bond donors (Lipinski definition) is 1. The molecule has 1 fully saturated rings. The Bertz CT molecular complexity index is 842. The first-order valence-electron chi connectivity index (χ1n) is 10.8. The van der Waals surface area contributed by atoms with Crippen LogP contribution in [0, 0.1) is 5.92 Å². The van der Waals surface area contributed by atoms with Gasteiger partial charge in [0.1, 0.15) is 0 Å². The van der Waals surface area contributed by atoms with E-state index in [1.165, 1.54) is 80.8 Å². The minimum absolute atomic E-state index is 0.220. The lowest BCUT2D eigenvalue weighted by molar-refractivity contribution is -0.120. The predicted molar refractivity (Wildman–Crippen MR) is 107 cm³/mol. The van der Waals surface area contributed by atoms with E-state index in [1.807, 2.05) is 0 Å². The standard InChI is InChI=1S/C23H30N2O/c26-23(16-8-3-1-4-9-16)24-18-14-17-10-7-13-25-21-12-6-2-5-11-19(21)20(15-18)22(17)25/h14-16H,1-13H2,(H,24,26). The number of fused-ring (bicyclic) bond motifs is 3. The Balaban J connectivity index is 1.53. The van der Waals surface area contributed by atoms with Crippen molar-refractivity contribution in [3.05, 3.63) is 29.0 Å². The van der Waals surface area contributed by atoms with Crippen LogP contribution in [0.5, 0.6) is 0 Å². The van der Waals surface area contributed by atoms with Gasteiger partial charge in [-0.1, -0.05) is 25.7 Å². The maximum Gasteiger partial charge on any atom is 0.227 e. The first-order chi connectivity index (χ1) is 12.8. The molecule has 26 heavy (non-hydrogen) atoms. The molecular formula is C23H30N2O. The third-order valence-electron chi connectivity index (χ3n) is 6.87. The van der Waals surface area contributed by atoms with Gasteiger partial charge < -0.3 is 9.88 Å². The first kappa shape index (κ1) is 16.4. The summed E-state index contributed by atoms with van der Waals surface area (Å²) in [5.74, 6) is 0.468. The van der Waals surface area contributed by atoms with Crippen LogP contribution in [0.2, 0.25) is 0 Å². The molecule has 0 radical (unpaired) electrons. The van der Waals surface area contributed by atoms with Gasteiger partial charge in [0.25, 0.3) is 0 Å². The number of hydrogen-bond acceptors (Lipinski definition) is 1. The Morgan fingerprint density at radius 3 is 2.62 bits per heavy atom. The highest BCUT2D eigenvalue weighted by Gasteiger charge is 2.25. The molecule has 1 aromatic heterocycles. The highest BCUT2D eigenvalue weighted by Crippen LogP contribution is 2.38. The fourth-order valence-corrected chi connectivity index (χ4v) is 5.58. The normalized spacial score (nSPS) is 20.6.